The molecule has 2 aromatic carbocycles. The molecule has 3 rings (SSSR count). The average Bonchev–Trinajstić information content (AvgIpc) is 2.62. The van der Waals surface area contributed by atoms with Crippen molar-refractivity contribution in [2.24, 2.45) is 10.7 Å². The third-order valence-electron chi connectivity index (χ3n) is 4.53. The third-order valence-corrected chi connectivity index (χ3v) is 4.53. The summed E-state index contributed by atoms with van der Waals surface area (Å²) in [6, 6.07) is 11.4. The fourth-order valence-electron chi connectivity index (χ4n) is 3.31. The number of phenols is 1. The number of aliphatic imine (C=N–C) groups is 1. The normalized spacial score (nSPS) is 13.7. The summed E-state index contributed by atoms with van der Waals surface area (Å²) in [5, 5.41) is 13.3. The van der Waals surface area contributed by atoms with Gasteiger partial charge >= 0.3 is 0 Å². The van der Waals surface area contributed by atoms with Crippen LogP contribution >= 0.6 is 24.0 Å². The van der Waals surface area contributed by atoms with E-state index < -0.39 is 0 Å². The quantitative estimate of drug-likeness (QED) is 0.331. The predicted octanol–water partition coefficient (Wildman–Crippen LogP) is 4.60. The molecule has 0 spiro atoms. The van der Waals surface area contributed by atoms with Crippen LogP contribution in [0.15, 0.2) is 41.4 Å². The average molecular weight is 481 g/mol. The van der Waals surface area contributed by atoms with Crippen LogP contribution in [0.3, 0.4) is 0 Å². The molecule has 0 amide bonds. The van der Waals surface area contributed by atoms with E-state index in [4.69, 9.17) is 10.5 Å². The van der Waals surface area contributed by atoms with Crippen molar-refractivity contribution < 1.29 is 9.84 Å². The van der Waals surface area contributed by atoms with Gasteiger partial charge in [-0.2, -0.15) is 0 Å². The van der Waals surface area contributed by atoms with Crippen LogP contribution in [0.2, 0.25) is 0 Å². The van der Waals surface area contributed by atoms with Crippen molar-refractivity contribution in [2.75, 3.05) is 5.32 Å². The summed E-state index contributed by atoms with van der Waals surface area (Å²) < 4.78 is 5.63. The molecule has 0 radical (unpaired) electrons. The number of fused-ring (bicyclic) bond motifs is 1. The van der Waals surface area contributed by atoms with Gasteiger partial charge in [-0.25, -0.2) is 4.99 Å². The molecule has 146 valence electrons. The smallest absolute Gasteiger partial charge is 0.193 e. The number of guanidine groups is 1. The van der Waals surface area contributed by atoms with Crippen LogP contribution in [0.1, 0.15) is 43.4 Å². The molecule has 0 heterocycles. The molecular weight excluding hydrogens is 453 g/mol. The van der Waals surface area contributed by atoms with Crippen LogP contribution < -0.4 is 15.8 Å². The molecule has 4 N–H and O–H groups in total. The van der Waals surface area contributed by atoms with Gasteiger partial charge in [0.2, 0.25) is 0 Å². The highest BCUT2D eigenvalue weighted by Crippen LogP contribution is 2.31. The molecule has 0 bridgehead atoms. The topological polar surface area (TPSA) is 79.9 Å². The first kappa shape index (κ1) is 21.3. The van der Waals surface area contributed by atoms with Crippen molar-refractivity contribution in [1.82, 2.24) is 0 Å². The van der Waals surface area contributed by atoms with E-state index in [1.807, 2.05) is 44.2 Å². The molecule has 2 aromatic rings. The molecule has 0 atom stereocenters. The lowest BCUT2D eigenvalue weighted by molar-refractivity contribution is 0.242. The van der Waals surface area contributed by atoms with Gasteiger partial charge in [0.25, 0.3) is 0 Å². The fraction of sp³-hybridized carbons (Fsp3) is 0.381. The van der Waals surface area contributed by atoms with Gasteiger partial charge in [-0.15, -0.1) is 24.0 Å². The molecule has 0 aliphatic heterocycles. The lowest BCUT2D eigenvalue weighted by Gasteiger charge is -2.19. The Hall–Kier alpha value is -1.96. The van der Waals surface area contributed by atoms with Crippen molar-refractivity contribution in [3.8, 4) is 11.5 Å². The minimum atomic E-state index is 0. The van der Waals surface area contributed by atoms with Gasteiger partial charge in [-0.1, -0.05) is 6.07 Å². The number of nitrogens with two attached hydrogens (primary N) is 1. The number of rotatable bonds is 5. The molecule has 1 aliphatic carbocycles. The number of aromatic hydroxyl groups is 1. The number of anilines is 1. The molecule has 0 fully saturated rings. The van der Waals surface area contributed by atoms with Crippen molar-refractivity contribution in [2.45, 2.75) is 52.2 Å². The van der Waals surface area contributed by atoms with Gasteiger partial charge in [-0.05, 0) is 81.0 Å². The Kier molecular flexibility index (Phi) is 7.77. The summed E-state index contributed by atoms with van der Waals surface area (Å²) in [7, 11) is 0. The second kappa shape index (κ2) is 9.82. The molecule has 0 saturated heterocycles. The van der Waals surface area contributed by atoms with Gasteiger partial charge in [0, 0.05) is 11.3 Å². The van der Waals surface area contributed by atoms with E-state index >= 15 is 0 Å². The zero-order chi connectivity index (χ0) is 18.5. The maximum Gasteiger partial charge on any atom is 0.193 e. The summed E-state index contributed by atoms with van der Waals surface area (Å²) in [5.41, 5.74) is 10.3. The van der Waals surface area contributed by atoms with Crippen LogP contribution in [0.5, 0.6) is 11.5 Å². The van der Waals surface area contributed by atoms with E-state index in [0.29, 0.717) is 18.3 Å². The van der Waals surface area contributed by atoms with Crippen molar-refractivity contribution in [3.05, 3.63) is 53.1 Å². The SMILES string of the molecule is CC(C)Oc1ccc(NC(N)=NCc2c(O)ccc3c2CCCC3)cc1.I. The van der Waals surface area contributed by atoms with E-state index in [-0.39, 0.29) is 30.1 Å². The van der Waals surface area contributed by atoms with Gasteiger partial charge in [-0.3, -0.25) is 0 Å². The molecular formula is C21H28IN3O2. The zero-order valence-electron chi connectivity index (χ0n) is 15.9. The summed E-state index contributed by atoms with van der Waals surface area (Å²) in [6.07, 6.45) is 4.58. The summed E-state index contributed by atoms with van der Waals surface area (Å²) >= 11 is 0. The molecule has 5 nitrogen and oxygen atoms in total. The lowest BCUT2D eigenvalue weighted by atomic mass is 9.88. The molecule has 6 heteroatoms. The minimum Gasteiger partial charge on any atom is -0.508 e. The maximum absolute atomic E-state index is 10.2. The Balaban J connectivity index is 0.00000261. The number of ether oxygens (including phenoxy) is 1. The fourth-order valence-corrected chi connectivity index (χ4v) is 3.31. The number of aryl methyl sites for hydroxylation is 1. The van der Waals surface area contributed by atoms with E-state index in [1.54, 1.807) is 6.07 Å². The van der Waals surface area contributed by atoms with Crippen molar-refractivity contribution in [1.29, 1.82) is 0 Å². The van der Waals surface area contributed by atoms with Crippen molar-refractivity contribution >= 4 is 35.6 Å². The minimum absolute atomic E-state index is 0. The van der Waals surface area contributed by atoms with Crippen LogP contribution in [0.4, 0.5) is 5.69 Å². The van der Waals surface area contributed by atoms with Crippen molar-refractivity contribution in [3.63, 3.8) is 0 Å². The first-order valence-electron chi connectivity index (χ1n) is 9.19. The van der Waals surface area contributed by atoms with Crippen LogP contribution in [0.25, 0.3) is 0 Å². The number of benzene rings is 2. The largest absolute Gasteiger partial charge is 0.508 e. The molecule has 27 heavy (non-hydrogen) atoms. The maximum atomic E-state index is 10.2. The molecule has 0 aromatic heterocycles. The van der Waals surface area contributed by atoms with E-state index in [9.17, 15) is 5.11 Å². The third kappa shape index (κ3) is 5.76. The van der Waals surface area contributed by atoms with E-state index in [0.717, 1.165) is 36.3 Å². The molecule has 0 unspecified atom stereocenters. The van der Waals surface area contributed by atoms with Gasteiger partial charge in [0.15, 0.2) is 5.96 Å². The highest BCUT2D eigenvalue weighted by Gasteiger charge is 2.16. The Morgan fingerprint density at radius 2 is 1.85 bits per heavy atom. The molecule has 0 saturated carbocycles. The second-order valence-corrected chi connectivity index (χ2v) is 6.93. The number of phenolic OH excluding ortho intramolecular Hbond substituents is 1. The molecule has 1 aliphatic rings. The Labute approximate surface area is 178 Å². The number of halogens is 1. The Morgan fingerprint density at radius 1 is 1.15 bits per heavy atom. The van der Waals surface area contributed by atoms with E-state index in [1.165, 1.54) is 17.5 Å². The Bertz CT molecular complexity index is 789. The highest BCUT2D eigenvalue weighted by molar-refractivity contribution is 14.0. The van der Waals surface area contributed by atoms with Gasteiger partial charge in [0.05, 0.1) is 12.6 Å². The number of hydrogen-bond donors (Lipinski definition) is 3. The number of nitrogens with one attached hydrogen (secondary N) is 1. The van der Waals surface area contributed by atoms with Crippen LogP contribution in [-0.2, 0) is 19.4 Å². The van der Waals surface area contributed by atoms with E-state index in [2.05, 4.69) is 10.3 Å². The number of nitrogens with zero attached hydrogens (tertiary/aromatic N) is 1. The predicted molar refractivity (Wildman–Crippen MR) is 121 cm³/mol. The van der Waals surface area contributed by atoms with Gasteiger partial charge < -0.3 is 20.9 Å². The van der Waals surface area contributed by atoms with Crippen LogP contribution in [-0.4, -0.2) is 17.2 Å². The van der Waals surface area contributed by atoms with Crippen LogP contribution in [0, 0.1) is 0 Å². The lowest BCUT2D eigenvalue weighted by Crippen LogP contribution is -2.22. The second-order valence-electron chi connectivity index (χ2n) is 6.93. The monoisotopic (exact) mass is 481 g/mol. The summed E-state index contributed by atoms with van der Waals surface area (Å²) in [5.74, 6) is 1.45. The zero-order valence-corrected chi connectivity index (χ0v) is 18.2. The number of hydrogen-bond acceptors (Lipinski definition) is 3. The standard InChI is InChI=1S/C21H27N3O2.HI/c1-14(2)26-17-10-8-16(9-11-17)24-21(22)23-13-19-18-6-4-3-5-15(18)7-12-20(19)25;/h7-12,14,25H,3-6,13H2,1-2H3,(H3,22,23,24);1H. The van der Waals surface area contributed by atoms with Gasteiger partial charge in [0.1, 0.15) is 11.5 Å². The summed E-state index contributed by atoms with van der Waals surface area (Å²) in [4.78, 5) is 4.42. The highest BCUT2D eigenvalue weighted by atomic mass is 127. The summed E-state index contributed by atoms with van der Waals surface area (Å²) in [6.45, 7) is 4.37. The Morgan fingerprint density at radius 3 is 2.56 bits per heavy atom. The first-order chi connectivity index (χ1) is 12.5. The first-order valence-corrected chi connectivity index (χ1v) is 9.19.